The monoisotopic (exact) mass is 259 g/mol. The van der Waals surface area contributed by atoms with Gasteiger partial charge in [-0.15, -0.1) is 0 Å². The molecule has 2 aromatic rings. The number of hydrogen-bond donors (Lipinski definition) is 1. The molecule has 5 nitrogen and oxygen atoms in total. The fourth-order valence-electron chi connectivity index (χ4n) is 2.14. The molecule has 2 heterocycles. The molecule has 3 rings (SSSR count). The molecule has 1 atom stereocenters. The van der Waals surface area contributed by atoms with Crippen molar-refractivity contribution in [2.45, 2.75) is 12.8 Å². The van der Waals surface area contributed by atoms with Crippen LogP contribution in [0.25, 0.3) is 11.4 Å². The molecule has 1 unspecified atom stereocenters. The van der Waals surface area contributed by atoms with Crippen LogP contribution in [-0.2, 0) is 0 Å². The first kappa shape index (κ1) is 12.2. The highest BCUT2D eigenvalue weighted by Gasteiger charge is 2.28. The lowest BCUT2D eigenvalue weighted by Crippen LogP contribution is -2.44. The Morgan fingerprint density at radius 2 is 2.05 bits per heavy atom. The molecule has 1 aromatic carbocycles. The average Bonchev–Trinajstić information content (AvgIpc) is 2.86. The second-order valence-electron chi connectivity index (χ2n) is 4.89. The number of methoxy groups -OCH3 is 1. The summed E-state index contributed by atoms with van der Waals surface area (Å²) < 4.78 is 10.5. The van der Waals surface area contributed by atoms with Crippen LogP contribution in [0, 0.1) is 5.92 Å². The van der Waals surface area contributed by atoms with Gasteiger partial charge >= 0.3 is 0 Å². The molecule has 0 spiro atoms. The first-order valence-corrected chi connectivity index (χ1v) is 6.46. The van der Waals surface area contributed by atoms with Gasteiger partial charge in [0.25, 0.3) is 0 Å². The van der Waals surface area contributed by atoms with Crippen molar-refractivity contribution in [2.24, 2.45) is 5.92 Å². The van der Waals surface area contributed by atoms with Gasteiger partial charge in [-0.2, -0.15) is 4.98 Å². The molecule has 0 saturated carbocycles. The quantitative estimate of drug-likeness (QED) is 0.910. The van der Waals surface area contributed by atoms with E-state index in [0.717, 1.165) is 30.3 Å². The summed E-state index contributed by atoms with van der Waals surface area (Å²) in [6.07, 6.45) is 0. The molecule has 0 radical (unpaired) electrons. The van der Waals surface area contributed by atoms with E-state index in [4.69, 9.17) is 9.26 Å². The van der Waals surface area contributed by atoms with Crippen molar-refractivity contribution in [1.29, 1.82) is 0 Å². The van der Waals surface area contributed by atoms with Gasteiger partial charge in [0.1, 0.15) is 5.75 Å². The molecule has 5 heteroatoms. The van der Waals surface area contributed by atoms with Crippen molar-refractivity contribution in [3.63, 3.8) is 0 Å². The topological polar surface area (TPSA) is 60.2 Å². The minimum Gasteiger partial charge on any atom is -0.497 e. The summed E-state index contributed by atoms with van der Waals surface area (Å²) in [4.78, 5) is 4.49. The third-order valence-corrected chi connectivity index (χ3v) is 3.70. The molecule has 19 heavy (non-hydrogen) atoms. The molecule has 1 aliphatic heterocycles. The van der Waals surface area contributed by atoms with Crippen LogP contribution in [0.5, 0.6) is 5.75 Å². The van der Waals surface area contributed by atoms with E-state index in [-0.39, 0.29) is 0 Å². The summed E-state index contributed by atoms with van der Waals surface area (Å²) >= 11 is 0. The second kappa shape index (κ2) is 5.01. The lowest BCUT2D eigenvalue weighted by atomic mass is 9.89. The first-order chi connectivity index (χ1) is 9.28. The number of benzene rings is 1. The standard InChI is InChI=1S/C14H17N3O2/c1-9(11-7-15-8-11)14-16-13(17-19-14)10-3-5-12(18-2)6-4-10/h3-6,9,11,15H,7-8H2,1-2H3. The van der Waals surface area contributed by atoms with Crippen LogP contribution in [0.3, 0.4) is 0 Å². The third-order valence-electron chi connectivity index (χ3n) is 3.70. The van der Waals surface area contributed by atoms with E-state index in [1.165, 1.54) is 0 Å². The van der Waals surface area contributed by atoms with Crippen LogP contribution in [0.4, 0.5) is 0 Å². The summed E-state index contributed by atoms with van der Waals surface area (Å²) in [5.41, 5.74) is 0.940. The van der Waals surface area contributed by atoms with Crippen LogP contribution in [0.1, 0.15) is 18.7 Å². The predicted octanol–water partition coefficient (Wildman–Crippen LogP) is 2.07. The van der Waals surface area contributed by atoms with Crippen LogP contribution in [0.15, 0.2) is 28.8 Å². The van der Waals surface area contributed by atoms with E-state index in [1.54, 1.807) is 7.11 Å². The number of nitrogens with one attached hydrogen (secondary N) is 1. The van der Waals surface area contributed by atoms with Crippen LogP contribution in [0.2, 0.25) is 0 Å². The summed E-state index contributed by atoms with van der Waals surface area (Å²) in [6, 6.07) is 7.65. The molecule has 1 aliphatic rings. The molecular formula is C14H17N3O2. The van der Waals surface area contributed by atoms with Gasteiger partial charge in [-0.3, -0.25) is 0 Å². The first-order valence-electron chi connectivity index (χ1n) is 6.46. The summed E-state index contributed by atoms with van der Waals surface area (Å²) in [7, 11) is 1.65. The normalized spacial score (nSPS) is 16.9. The number of hydrogen-bond acceptors (Lipinski definition) is 5. The molecule has 0 bridgehead atoms. The number of aromatic nitrogens is 2. The fraction of sp³-hybridized carbons (Fsp3) is 0.429. The lowest BCUT2D eigenvalue weighted by molar-refractivity contribution is 0.252. The Morgan fingerprint density at radius 1 is 1.32 bits per heavy atom. The van der Waals surface area contributed by atoms with E-state index in [0.29, 0.717) is 17.7 Å². The zero-order valence-electron chi connectivity index (χ0n) is 11.1. The van der Waals surface area contributed by atoms with Gasteiger partial charge in [0.15, 0.2) is 0 Å². The van der Waals surface area contributed by atoms with Gasteiger partial charge in [0, 0.05) is 11.5 Å². The van der Waals surface area contributed by atoms with Gasteiger partial charge in [-0.25, -0.2) is 0 Å². The van der Waals surface area contributed by atoms with Crippen molar-refractivity contribution < 1.29 is 9.26 Å². The Balaban J connectivity index is 1.79. The molecule has 1 fully saturated rings. The van der Waals surface area contributed by atoms with Gasteiger partial charge in [-0.05, 0) is 43.3 Å². The Kier molecular flexibility index (Phi) is 3.21. The summed E-state index contributed by atoms with van der Waals surface area (Å²) in [6.45, 7) is 4.19. The van der Waals surface area contributed by atoms with Crippen molar-refractivity contribution >= 4 is 0 Å². The third kappa shape index (κ3) is 2.33. The van der Waals surface area contributed by atoms with E-state index in [2.05, 4.69) is 22.4 Å². The van der Waals surface area contributed by atoms with Gasteiger partial charge in [-0.1, -0.05) is 12.1 Å². The Morgan fingerprint density at radius 3 is 2.63 bits per heavy atom. The predicted molar refractivity (Wildman–Crippen MR) is 71.1 cm³/mol. The SMILES string of the molecule is COc1ccc(-c2noc(C(C)C3CNC3)n2)cc1. The smallest absolute Gasteiger partial charge is 0.230 e. The maximum atomic E-state index is 5.37. The highest BCUT2D eigenvalue weighted by Crippen LogP contribution is 2.27. The maximum absolute atomic E-state index is 5.37. The highest BCUT2D eigenvalue weighted by molar-refractivity contribution is 5.55. The summed E-state index contributed by atoms with van der Waals surface area (Å²) in [5.74, 6) is 3.08. The van der Waals surface area contributed by atoms with Crippen molar-refractivity contribution in [3.05, 3.63) is 30.2 Å². The van der Waals surface area contributed by atoms with Crippen LogP contribution >= 0.6 is 0 Å². The van der Waals surface area contributed by atoms with Crippen LogP contribution < -0.4 is 10.1 Å². The molecule has 0 aliphatic carbocycles. The zero-order chi connectivity index (χ0) is 13.2. The molecule has 1 saturated heterocycles. The molecular weight excluding hydrogens is 242 g/mol. The largest absolute Gasteiger partial charge is 0.497 e. The van der Waals surface area contributed by atoms with E-state index in [1.807, 2.05) is 24.3 Å². The zero-order valence-corrected chi connectivity index (χ0v) is 11.1. The van der Waals surface area contributed by atoms with Crippen LogP contribution in [-0.4, -0.2) is 30.3 Å². The molecule has 0 amide bonds. The lowest BCUT2D eigenvalue weighted by Gasteiger charge is -2.30. The van der Waals surface area contributed by atoms with Crippen molar-refractivity contribution in [2.75, 3.05) is 20.2 Å². The Labute approximate surface area is 112 Å². The molecule has 100 valence electrons. The molecule has 1 N–H and O–H groups in total. The summed E-state index contributed by atoms with van der Waals surface area (Å²) in [5, 5.41) is 7.32. The van der Waals surface area contributed by atoms with Gasteiger partial charge in [0.2, 0.25) is 11.7 Å². The number of nitrogens with zero attached hydrogens (tertiary/aromatic N) is 2. The highest BCUT2D eigenvalue weighted by atomic mass is 16.5. The minimum absolute atomic E-state index is 0.306. The Bertz CT molecular complexity index is 546. The fourth-order valence-corrected chi connectivity index (χ4v) is 2.14. The van der Waals surface area contributed by atoms with Crippen molar-refractivity contribution in [3.8, 4) is 17.1 Å². The number of ether oxygens (including phenoxy) is 1. The minimum atomic E-state index is 0.306. The Hall–Kier alpha value is -1.88. The number of rotatable bonds is 4. The van der Waals surface area contributed by atoms with Gasteiger partial charge in [0.05, 0.1) is 7.11 Å². The average molecular weight is 259 g/mol. The second-order valence-corrected chi connectivity index (χ2v) is 4.89. The maximum Gasteiger partial charge on any atom is 0.230 e. The van der Waals surface area contributed by atoms with E-state index >= 15 is 0 Å². The van der Waals surface area contributed by atoms with Crippen molar-refractivity contribution in [1.82, 2.24) is 15.5 Å². The van der Waals surface area contributed by atoms with E-state index < -0.39 is 0 Å². The van der Waals surface area contributed by atoms with Gasteiger partial charge < -0.3 is 14.6 Å². The van der Waals surface area contributed by atoms with E-state index in [9.17, 15) is 0 Å². The molecule has 1 aromatic heterocycles.